The molecule has 4 heteroatoms. The van der Waals surface area contributed by atoms with E-state index in [1.165, 1.54) is 30.6 Å². The minimum Gasteiger partial charge on any atom is -0.465 e. The zero-order valence-corrected chi connectivity index (χ0v) is 9.38. The Morgan fingerprint density at radius 2 is 2.12 bits per heavy atom. The average Bonchev–Trinajstić information content (AvgIpc) is 2.77. The fraction of sp³-hybridized carbons (Fsp3) is 0.0833. The van der Waals surface area contributed by atoms with Gasteiger partial charge in [0.1, 0.15) is 10.7 Å². The summed E-state index contributed by atoms with van der Waals surface area (Å²) in [6.07, 6.45) is 0. The summed E-state index contributed by atoms with van der Waals surface area (Å²) in [6, 6.07) is 9.73. The lowest BCUT2D eigenvalue weighted by molar-refractivity contribution is 0.0606. The van der Waals surface area contributed by atoms with Crippen LogP contribution < -0.4 is 0 Å². The molecule has 1 aromatic carbocycles. The van der Waals surface area contributed by atoms with Gasteiger partial charge in [0.15, 0.2) is 0 Å². The van der Waals surface area contributed by atoms with E-state index in [1.807, 2.05) is 0 Å². The van der Waals surface area contributed by atoms with Crippen molar-refractivity contribution in [2.24, 2.45) is 0 Å². The maximum atomic E-state index is 13.0. The summed E-state index contributed by atoms with van der Waals surface area (Å²) in [5, 5.41) is 0. The van der Waals surface area contributed by atoms with Crippen LogP contribution in [0.1, 0.15) is 9.67 Å². The van der Waals surface area contributed by atoms with Gasteiger partial charge in [-0.2, -0.15) is 0 Å². The lowest BCUT2D eigenvalue weighted by Gasteiger charge is -1.96. The lowest BCUT2D eigenvalue weighted by atomic mass is 10.2. The first kappa shape index (κ1) is 10.8. The van der Waals surface area contributed by atoms with Gasteiger partial charge in [-0.15, -0.1) is 11.3 Å². The van der Waals surface area contributed by atoms with Crippen molar-refractivity contribution in [2.45, 2.75) is 0 Å². The van der Waals surface area contributed by atoms with Crippen molar-refractivity contribution in [1.29, 1.82) is 0 Å². The van der Waals surface area contributed by atoms with Crippen molar-refractivity contribution in [2.75, 3.05) is 7.11 Å². The second-order valence-corrected chi connectivity index (χ2v) is 4.25. The van der Waals surface area contributed by atoms with E-state index in [0.717, 1.165) is 10.4 Å². The largest absolute Gasteiger partial charge is 0.465 e. The summed E-state index contributed by atoms with van der Waals surface area (Å²) in [5.41, 5.74) is 0.764. The summed E-state index contributed by atoms with van der Waals surface area (Å²) >= 11 is 1.29. The van der Waals surface area contributed by atoms with Crippen LogP contribution >= 0.6 is 11.3 Å². The van der Waals surface area contributed by atoms with Crippen molar-refractivity contribution in [3.8, 4) is 10.4 Å². The number of esters is 1. The smallest absolute Gasteiger partial charge is 0.348 e. The summed E-state index contributed by atoms with van der Waals surface area (Å²) in [5.74, 6) is -0.654. The zero-order chi connectivity index (χ0) is 11.5. The molecule has 1 aromatic heterocycles. The predicted octanol–water partition coefficient (Wildman–Crippen LogP) is 3.34. The number of thiophene rings is 1. The Bertz CT molecular complexity index is 519. The zero-order valence-electron chi connectivity index (χ0n) is 8.57. The summed E-state index contributed by atoms with van der Waals surface area (Å²) in [6.45, 7) is 0. The SMILES string of the molecule is COC(=O)c1ccc(-c2cccc(F)c2)s1. The first-order valence-corrected chi connectivity index (χ1v) is 5.46. The van der Waals surface area contributed by atoms with Gasteiger partial charge in [-0.3, -0.25) is 0 Å². The topological polar surface area (TPSA) is 26.3 Å². The summed E-state index contributed by atoms with van der Waals surface area (Å²) < 4.78 is 17.6. The molecule has 82 valence electrons. The molecule has 2 aromatic rings. The van der Waals surface area contributed by atoms with Crippen molar-refractivity contribution in [3.05, 3.63) is 47.1 Å². The molecular formula is C12H9FO2S. The van der Waals surface area contributed by atoms with E-state index in [2.05, 4.69) is 4.74 Å². The van der Waals surface area contributed by atoms with Crippen LogP contribution in [0.25, 0.3) is 10.4 Å². The third-order valence-electron chi connectivity index (χ3n) is 2.10. The van der Waals surface area contributed by atoms with Gasteiger partial charge in [0.2, 0.25) is 0 Å². The molecule has 0 atom stereocenters. The molecule has 0 aliphatic rings. The van der Waals surface area contributed by atoms with Crippen molar-refractivity contribution in [1.82, 2.24) is 0 Å². The Morgan fingerprint density at radius 3 is 2.81 bits per heavy atom. The number of carbonyl (C=O) groups excluding carboxylic acids is 1. The van der Waals surface area contributed by atoms with Crippen LogP contribution in [-0.4, -0.2) is 13.1 Å². The molecule has 16 heavy (non-hydrogen) atoms. The Kier molecular flexibility index (Phi) is 3.01. The number of rotatable bonds is 2. The molecule has 0 fully saturated rings. The highest BCUT2D eigenvalue weighted by Crippen LogP contribution is 2.28. The third kappa shape index (κ3) is 2.12. The van der Waals surface area contributed by atoms with Crippen molar-refractivity contribution >= 4 is 17.3 Å². The van der Waals surface area contributed by atoms with Gasteiger partial charge in [-0.25, -0.2) is 9.18 Å². The molecule has 0 aliphatic carbocycles. The van der Waals surface area contributed by atoms with E-state index in [4.69, 9.17) is 0 Å². The van der Waals surface area contributed by atoms with E-state index in [1.54, 1.807) is 24.3 Å². The van der Waals surface area contributed by atoms with Gasteiger partial charge in [0.05, 0.1) is 7.11 Å². The molecule has 0 amide bonds. The molecular weight excluding hydrogens is 227 g/mol. The Labute approximate surface area is 96.3 Å². The van der Waals surface area contributed by atoms with Crippen LogP contribution in [0.2, 0.25) is 0 Å². The molecule has 0 radical (unpaired) electrons. The van der Waals surface area contributed by atoms with E-state index in [-0.39, 0.29) is 11.8 Å². The Hall–Kier alpha value is -1.68. The number of ether oxygens (including phenoxy) is 1. The standard InChI is InChI=1S/C12H9FO2S/c1-15-12(14)11-6-5-10(16-11)8-3-2-4-9(13)7-8/h2-7H,1H3. The number of methoxy groups -OCH3 is 1. The van der Waals surface area contributed by atoms with Crippen LogP contribution in [0, 0.1) is 5.82 Å². The normalized spacial score (nSPS) is 10.1. The molecule has 0 bridgehead atoms. The second-order valence-electron chi connectivity index (χ2n) is 3.17. The van der Waals surface area contributed by atoms with Crippen LogP contribution in [-0.2, 0) is 4.74 Å². The quantitative estimate of drug-likeness (QED) is 0.747. The van der Waals surface area contributed by atoms with E-state index in [9.17, 15) is 9.18 Å². The first-order valence-electron chi connectivity index (χ1n) is 4.65. The number of carbonyl (C=O) groups is 1. The highest BCUT2D eigenvalue weighted by molar-refractivity contribution is 7.17. The van der Waals surface area contributed by atoms with E-state index < -0.39 is 0 Å². The molecule has 0 N–H and O–H groups in total. The monoisotopic (exact) mass is 236 g/mol. The maximum absolute atomic E-state index is 13.0. The molecule has 0 saturated heterocycles. The summed E-state index contributed by atoms with van der Waals surface area (Å²) in [4.78, 5) is 12.6. The Morgan fingerprint density at radius 1 is 1.31 bits per heavy atom. The van der Waals surface area contributed by atoms with Gasteiger partial charge in [-0.05, 0) is 29.8 Å². The molecule has 0 unspecified atom stereocenters. The van der Waals surface area contributed by atoms with Gasteiger partial charge in [-0.1, -0.05) is 12.1 Å². The fourth-order valence-corrected chi connectivity index (χ4v) is 2.27. The third-order valence-corrected chi connectivity index (χ3v) is 3.22. The highest BCUT2D eigenvalue weighted by atomic mass is 32.1. The molecule has 2 rings (SSSR count). The first-order chi connectivity index (χ1) is 7.70. The molecule has 1 heterocycles. The van der Waals surface area contributed by atoms with Gasteiger partial charge in [0, 0.05) is 4.88 Å². The number of halogens is 1. The van der Waals surface area contributed by atoms with Gasteiger partial charge >= 0.3 is 5.97 Å². The predicted molar refractivity (Wildman–Crippen MR) is 61.1 cm³/mol. The summed E-state index contributed by atoms with van der Waals surface area (Å²) in [7, 11) is 1.34. The number of benzene rings is 1. The maximum Gasteiger partial charge on any atom is 0.348 e. The molecule has 0 spiro atoms. The minimum absolute atomic E-state index is 0.287. The number of hydrogen-bond donors (Lipinski definition) is 0. The highest BCUT2D eigenvalue weighted by Gasteiger charge is 2.10. The van der Waals surface area contributed by atoms with Gasteiger partial charge < -0.3 is 4.74 Å². The van der Waals surface area contributed by atoms with Gasteiger partial charge in [0.25, 0.3) is 0 Å². The lowest BCUT2D eigenvalue weighted by Crippen LogP contribution is -1.96. The average molecular weight is 236 g/mol. The minimum atomic E-state index is -0.368. The van der Waals surface area contributed by atoms with E-state index >= 15 is 0 Å². The van der Waals surface area contributed by atoms with Crippen LogP contribution in [0.4, 0.5) is 4.39 Å². The fourth-order valence-electron chi connectivity index (χ4n) is 1.35. The second kappa shape index (κ2) is 4.45. The van der Waals surface area contributed by atoms with Crippen molar-refractivity contribution < 1.29 is 13.9 Å². The van der Waals surface area contributed by atoms with Crippen molar-refractivity contribution in [3.63, 3.8) is 0 Å². The Balaban J connectivity index is 2.35. The van der Waals surface area contributed by atoms with Crippen LogP contribution in [0.3, 0.4) is 0 Å². The molecule has 2 nitrogen and oxygen atoms in total. The van der Waals surface area contributed by atoms with Crippen LogP contribution in [0.15, 0.2) is 36.4 Å². The number of hydrogen-bond acceptors (Lipinski definition) is 3. The molecule has 0 aliphatic heterocycles. The van der Waals surface area contributed by atoms with E-state index in [0.29, 0.717) is 4.88 Å². The van der Waals surface area contributed by atoms with Crippen LogP contribution in [0.5, 0.6) is 0 Å². The molecule has 0 saturated carbocycles.